The van der Waals surface area contributed by atoms with Crippen molar-refractivity contribution in [2.24, 2.45) is 0 Å². The lowest BCUT2D eigenvalue weighted by Gasteiger charge is -2.16. The van der Waals surface area contributed by atoms with E-state index in [-0.39, 0.29) is 0 Å². The molecule has 0 fully saturated rings. The number of aryl methyl sites for hydroxylation is 1. The van der Waals surface area contributed by atoms with Crippen molar-refractivity contribution in [1.29, 1.82) is 0 Å². The van der Waals surface area contributed by atoms with E-state index in [1.54, 1.807) is 6.26 Å². The topological polar surface area (TPSA) is 38.1 Å². The molecular formula is C20H22N2O. The Labute approximate surface area is 137 Å². The minimum Gasteiger partial charge on any atom is -0.444 e. The highest BCUT2D eigenvalue weighted by Gasteiger charge is 2.11. The molecule has 0 spiro atoms. The molecule has 1 N–H and O–H groups in total. The first kappa shape index (κ1) is 15.5. The molecule has 3 aromatic rings. The molecular weight excluding hydrogens is 284 g/mol. The third kappa shape index (κ3) is 3.69. The predicted molar refractivity (Wildman–Crippen MR) is 93.0 cm³/mol. The van der Waals surface area contributed by atoms with Gasteiger partial charge in [0, 0.05) is 18.2 Å². The van der Waals surface area contributed by atoms with Crippen molar-refractivity contribution in [1.82, 2.24) is 10.3 Å². The van der Waals surface area contributed by atoms with Crippen molar-refractivity contribution in [2.75, 3.05) is 0 Å². The largest absolute Gasteiger partial charge is 0.444 e. The molecule has 1 heterocycles. The molecule has 1 unspecified atom stereocenters. The van der Waals surface area contributed by atoms with Gasteiger partial charge >= 0.3 is 0 Å². The maximum Gasteiger partial charge on any atom is 0.226 e. The van der Waals surface area contributed by atoms with Gasteiger partial charge in [-0.2, -0.15) is 0 Å². The summed E-state index contributed by atoms with van der Waals surface area (Å²) in [6.07, 6.45) is 2.78. The molecule has 0 saturated carbocycles. The average molecular weight is 306 g/mol. The molecule has 0 aliphatic heterocycles. The molecule has 0 bridgehead atoms. The van der Waals surface area contributed by atoms with E-state index < -0.39 is 0 Å². The van der Waals surface area contributed by atoms with Gasteiger partial charge in [-0.1, -0.05) is 55.5 Å². The predicted octanol–water partition coefficient (Wildman–Crippen LogP) is 4.89. The lowest BCUT2D eigenvalue weighted by molar-refractivity contribution is 0.511. The number of hydrogen-bond donors (Lipinski definition) is 1. The number of oxazole rings is 1. The summed E-state index contributed by atoms with van der Waals surface area (Å²) >= 11 is 0. The molecule has 0 aliphatic carbocycles. The summed E-state index contributed by atoms with van der Waals surface area (Å²) in [4.78, 5) is 4.61. The summed E-state index contributed by atoms with van der Waals surface area (Å²) in [5.41, 5.74) is 4.45. The van der Waals surface area contributed by atoms with Gasteiger partial charge < -0.3 is 9.73 Å². The van der Waals surface area contributed by atoms with Crippen molar-refractivity contribution >= 4 is 0 Å². The van der Waals surface area contributed by atoms with Gasteiger partial charge in [0.05, 0.1) is 5.69 Å². The summed E-state index contributed by atoms with van der Waals surface area (Å²) in [5.74, 6) is 0.688. The SMILES string of the molecule is CCC(NCc1coc(-c2ccccc2C)n1)c1ccccc1. The van der Waals surface area contributed by atoms with Crippen molar-refractivity contribution in [2.45, 2.75) is 32.9 Å². The smallest absolute Gasteiger partial charge is 0.226 e. The highest BCUT2D eigenvalue weighted by Crippen LogP contribution is 2.23. The van der Waals surface area contributed by atoms with Gasteiger partial charge in [0.1, 0.15) is 6.26 Å². The second-order valence-electron chi connectivity index (χ2n) is 5.71. The summed E-state index contributed by atoms with van der Waals surface area (Å²) in [7, 11) is 0. The van der Waals surface area contributed by atoms with E-state index in [1.165, 1.54) is 11.1 Å². The average Bonchev–Trinajstić information content (AvgIpc) is 3.05. The highest BCUT2D eigenvalue weighted by molar-refractivity contribution is 5.58. The van der Waals surface area contributed by atoms with Gasteiger partial charge in [0.15, 0.2) is 0 Å². The van der Waals surface area contributed by atoms with Gasteiger partial charge in [-0.25, -0.2) is 4.98 Å². The lowest BCUT2D eigenvalue weighted by Crippen LogP contribution is -2.20. The third-order valence-electron chi connectivity index (χ3n) is 4.07. The maximum atomic E-state index is 5.65. The van der Waals surface area contributed by atoms with E-state index >= 15 is 0 Å². The zero-order chi connectivity index (χ0) is 16.1. The van der Waals surface area contributed by atoms with Crippen molar-refractivity contribution in [3.63, 3.8) is 0 Å². The molecule has 0 saturated heterocycles. The van der Waals surface area contributed by atoms with Crippen LogP contribution in [0.25, 0.3) is 11.5 Å². The normalized spacial score (nSPS) is 12.3. The fourth-order valence-electron chi connectivity index (χ4n) is 2.74. The van der Waals surface area contributed by atoms with E-state index in [1.807, 2.05) is 24.3 Å². The Balaban J connectivity index is 1.69. The monoisotopic (exact) mass is 306 g/mol. The zero-order valence-corrected chi connectivity index (χ0v) is 13.6. The molecule has 1 aromatic heterocycles. The third-order valence-corrected chi connectivity index (χ3v) is 4.07. The Kier molecular flexibility index (Phi) is 4.89. The van der Waals surface area contributed by atoms with Crippen LogP contribution in [0.1, 0.15) is 36.2 Å². The Morgan fingerprint density at radius 1 is 1.04 bits per heavy atom. The van der Waals surface area contributed by atoms with Gasteiger partial charge in [-0.3, -0.25) is 0 Å². The number of rotatable bonds is 6. The molecule has 0 radical (unpaired) electrons. The van der Waals surface area contributed by atoms with Crippen LogP contribution in [0.3, 0.4) is 0 Å². The lowest BCUT2D eigenvalue weighted by atomic mass is 10.0. The Morgan fingerprint density at radius 2 is 1.78 bits per heavy atom. The molecule has 0 aliphatic rings. The van der Waals surface area contributed by atoms with Crippen LogP contribution in [-0.2, 0) is 6.54 Å². The molecule has 3 nitrogen and oxygen atoms in total. The van der Waals surface area contributed by atoms with Gasteiger partial charge in [-0.05, 0) is 30.5 Å². The molecule has 3 heteroatoms. The van der Waals surface area contributed by atoms with Crippen LogP contribution < -0.4 is 5.32 Å². The number of benzene rings is 2. The van der Waals surface area contributed by atoms with Crippen LogP contribution >= 0.6 is 0 Å². The fourth-order valence-corrected chi connectivity index (χ4v) is 2.74. The van der Waals surface area contributed by atoms with Crippen LogP contribution in [0.2, 0.25) is 0 Å². The van der Waals surface area contributed by atoms with Crippen LogP contribution in [-0.4, -0.2) is 4.98 Å². The Morgan fingerprint density at radius 3 is 2.52 bits per heavy atom. The maximum absolute atomic E-state index is 5.65. The Bertz CT molecular complexity index is 749. The molecule has 3 rings (SSSR count). The van der Waals surface area contributed by atoms with E-state index in [0.717, 1.165) is 17.7 Å². The van der Waals surface area contributed by atoms with Crippen molar-refractivity contribution < 1.29 is 4.42 Å². The number of aromatic nitrogens is 1. The van der Waals surface area contributed by atoms with Gasteiger partial charge in [-0.15, -0.1) is 0 Å². The molecule has 118 valence electrons. The van der Waals surface area contributed by atoms with Crippen LogP contribution in [0, 0.1) is 6.92 Å². The summed E-state index contributed by atoms with van der Waals surface area (Å²) < 4.78 is 5.65. The van der Waals surface area contributed by atoms with E-state index in [0.29, 0.717) is 18.5 Å². The molecule has 23 heavy (non-hydrogen) atoms. The zero-order valence-electron chi connectivity index (χ0n) is 13.6. The van der Waals surface area contributed by atoms with Crippen molar-refractivity contribution in [3.05, 3.63) is 77.7 Å². The van der Waals surface area contributed by atoms with E-state index in [2.05, 4.69) is 54.5 Å². The minimum absolute atomic E-state index is 0.329. The van der Waals surface area contributed by atoms with E-state index in [4.69, 9.17) is 4.42 Å². The summed E-state index contributed by atoms with van der Waals surface area (Å²) in [5, 5.41) is 3.56. The first-order valence-electron chi connectivity index (χ1n) is 8.06. The first-order chi connectivity index (χ1) is 11.3. The number of nitrogens with zero attached hydrogens (tertiary/aromatic N) is 1. The first-order valence-corrected chi connectivity index (χ1v) is 8.06. The molecule has 1 atom stereocenters. The molecule has 2 aromatic carbocycles. The quantitative estimate of drug-likeness (QED) is 0.704. The van der Waals surface area contributed by atoms with Crippen LogP contribution in [0.15, 0.2) is 65.3 Å². The van der Waals surface area contributed by atoms with E-state index in [9.17, 15) is 0 Å². The second kappa shape index (κ2) is 7.25. The second-order valence-corrected chi connectivity index (χ2v) is 5.71. The van der Waals surface area contributed by atoms with Crippen molar-refractivity contribution in [3.8, 4) is 11.5 Å². The number of hydrogen-bond acceptors (Lipinski definition) is 3. The minimum atomic E-state index is 0.329. The summed E-state index contributed by atoms with van der Waals surface area (Å²) in [6.45, 7) is 4.95. The fraction of sp³-hybridized carbons (Fsp3) is 0.250. The summed E-state index contributed by atoms with van der Waals surface area (Å²) in [6, 6.07) is 19.0. The number of nitrogens with one attached hydrogen (secondary N) is 1. The molecule has 0 amide bonds. The standard InChI is InChI=1S/C20H22N2O/c1-3-19(16-10-5-4-6-11-16)21-13-17-14-23-20(22-17)18-12-8-7-9-15(18)2/h4-12,14,19,21H,3,13H2,1-2H3. The van der Waals surface area contributed by atoms with Crippen LogP contribution in [0.4, 0.5) is 0 Å². The van der Waals surface area contributed by atoms with Gasteiger partial charge in [0.2, 0.25) is 5.89 Å². The van der Waals surface area contributed by atoms with Crippen LogP contribution in [0.5, 0.6) is 0 Å². The van der Waals surface area contributed by atoms with Gasteiger partial charge in [0.25, 0.3) is 0 Å². The Hall–Kier alpha value is -2.39. The highest BCUT2D eigenvalue weighted by atomic mass is 16.3.